The van der Waals surface area contributed by atoms with Gasteiger partial charge < -0.3 is 5.32 Å². The first-order valence-electron chi connectivity index (χ1n) is 8.82. The second kappa shape index (κ2) is 7.76. The van der Waals surface area contributed by atoms with Gasteiger partial charge in [-0.25, -0.2) is 4.90 Å². The monoisotopic (exact) mass is 458 g/mol. The van der Waals surface area contributed by atoms with Gasteiger partial charge in [0.1, 0.15) is 0 Å². The zero-order valence-electron chi connectivity index (χ0n) is 15.5. The largest absolute Gasteiger partial charge is 0.321 e. The number of anilines is 2. The Labute approximate surface area is 187 Å². The van der Waals surface area contributed by atoms with Crippen LogP contribution in [-0.4, -0.2) is 17.7 Å². The van der Waals surface area contributed by atoms with E-state index in [1.165, 1.54) is 30.3 Å². The van der Waals surface area contributed by atoms with E-state index in [9.17, 15) is 14.4 Å². The fourth-order valence-corrected chi connectivity index (χ4v) is 3.82. The first-order chi connectivity index (χ1) is 14.3. The van der Waals surface area contributed by atoms with Crippen molar-refractivity contribution in [2.75, 3.05) is 10.2 Å². The number of rotatable bonds is 3. The molecule has 0 bridgehead atoms. The summed E-state index contributed by atoms with van der Waals surface area (Å²) >= 11 is 18.0. The number of aryl methyl sites for hydroxylation is 1. The van der Waals surface area contributed by atoms with Gasteiger partial charge >= 0.3 is 0 Å². The topological polar surface area (TPSA) is 66.5 Å². The van der Waals surface area contributed by atoms with Crippen molar-refractivity contribution in [1.29, 1.82) is 0 Å². The van der Waals surface area contributed by atoms with Crippen molar-refractivity contribution in [2.45, 2.75) is 6.92 Å². The van der Waals surface area contributed by atoms with Gasteiger partial charge in [0.15, 0.2) is 0 Å². The van der Waals surface area contributed by atoms with Crippen LogP contribution >= 0.6 is 34.8 Å². The summed E-state index contributed by atoms with van der Waals surface area (Å²) in [6.45, 7) is 1.82. The standard InChI is InChI=1S/C22H13Cl3N2O3/c1-11-4-2-3-5-19(11)27-21(29)13-7-6-12(8-14(13)22(27)30)20(28)26-18-10-16(24)15(23)9-17(18)25/h2-10H,1H3,(H,26,28). The molecule has 1 heterocycles. The molecule has 5 nitrogen and oxygen atoms in total. The molecule has 0 saturated heterocycles. The summed E-state index contributed by atoms with van der Waals surface area (Å²) in [6.07, 6.45) is 0. The number of amides is 3. The minimum absolute atomic E-state index is 0.163. The highest BCUT2D eigenvalue weighted by Crippen LogP contribution is 2.33. The first-order valence-corrected chi connectivity index (χ1v) is 9.95. The molecule has 0 atom stereocenters. The van der Waals surface area contributed by atoms with Crippen LogP contribution in [0.5, 0.6) is 0 Å². The number of hydrogen-bond donors (Lipinski definition) is 1. The van der Waals surface area contributed by atoms with Gasteiger partial charge in [0.2, 0.25) is 0 Å². The van der Waals surface area contributed by atoms with Crippen molar-refractivity contribution >= 4 is 63.9 Å². The van der Waals surface area contributed by atoms with Crippen LogP contribution in [0.4, 0.5) is 11.4 Å². The average molecular weight is 460 g/mol. The Morgan fingerprint density at radius 2 is 1.50 bits per heavy atom. The van der Waals surface area contributed by atoms with Crippen LogP contribution in [0.3, 0.4) is 0 Å². The molecule has 1 N–H and O–H groups in total. The Balaban J connectivity index is 1.66. The Bertz CT molecular complexity index is 1240. The molecular weight excluding hydrogens is 447 g/mol. The fourth-order valence-electron chi connectivity index (χ4n) is 3.23. The molecule has 0 saturated carbocycles. The molecule has 0 unspecified atom stereocenters. The minimum Gasteiger partial charge on any atom is -0.321 e. The highest BCUT2D eigenvalue weighted by Gasteiger charge is 2.37. The third-order valence-corrected chi connectivity index (χ3v) is 5.80. The van der Waals surface area contributed by atoms with E-state index in [-0.39, 0.29) is 37.4 Å². The first kappa shape index (κ1) is 20.4. The average Bonchev–Trinajstić information content (AvgIpc) is 2.96. The summed E-state index contributed by atoms with van der Waals surface area (Å²) in [5.41, 5.74) is 2.18. The van der Waals surface area contributed by atoms with Crippen LogP contribution in [0, 0.1) is 6.92 Å². The molecule has 3 amide bonds. The van der Waals surface area contributed by atoms with Crippen molar-refractivity contribution < 1.29 is 14.4 Å². The number of nitrogens with one attached hydrogen (secondary N) is 1. The molecule has 3 aromatic rings. The van der Waals surface area contributed by atoms with E-state index in [1.807, 2.05) is 19.1 Å². The van der Waals surface area contributed by atoms with Crippen LogP contribution in [0.15, 0.2) is 54.6 Å². The maximum absolute atomic E-state index is 12.9. The zero-order chi connectivity index (χ0) is 21.6. The SMILES string of the molecule is Cc1ccccc1N1C(=O)c2ccc(C(=O)Nc3cc(Cl)c(Cl)cc3Cl)cc2C1=O. The summed E-state index contributed by atoms with van der Waals surface area (Å²) in [5.74, 6) is -1.41. The van der Waals surface area contributed by atoms with Crippen molar-refractivity contribution in [3.05, 3.63) is 91.9 Å². The normalized spacial score (nSPS) is 12.9. The molecule has 3 aromatic carbocycles. The lowest BCUT2D eigenvalue weighted by molar-refractivity contribution is 0.0925. The van der Waals surface area contributed by atoms with Crippen LogP contribution in [0.25, 0.3) is 0 Å². The molecule has 0 aromatic heterocycles. The van der Waals surface area contributed by atoms with Gasteiger partial charge in [-0.15, -0.1) is 0 Å². The number of imide groups is 1. The van der Waals surface area contributed by atoms with Crippen molar-refractivity contribution in [1.82, 2.24) is 0 Å². The molecule has 150 valence electrons. The zero-order valence-corrected chi connectivity index (χ0v) is 17.8. The third-order valence-electron chi connectivity index (χ3n) is 4.76. The lowest BCUT2D eigenvalue weighted by atomic mass is 10.1. The van der Waals surface area contributed by atoms with Crippen molar-refractivity contribution in [3.63, 3.8) is 0 Å². The molecule has 0 radical (unpaired) electrons. The van der Waals surface area contributed by atoms with Crippen LogP contribution < -0.4 is 10.2 Å². The summed E-state index contributed by atoms with van der Waals surface area (Å²) < 4.78 is 0. The molecule has 30 heavy (non-hydrogen) atoms. The number of fused-ring (bicyclic) bond motifs is 1. The van der Waals surface area contributed by atoms with Gasteiger partial charge in [-0.1, -0.05) is 53.0 Å². The Morgan fingerprint density at radius 1 is 0.833 bits per heavy atom. The number of nitrogens with zero attached hydrogens (tertiary/aromatic N) is 1. The number of para-hydroxylation sites is 1. The molecule has 0 aliphatic carbocycles. The lowest BCUT2D eigenvalue weighted by Crippen LogP contribution is -2.29. The van der Waals surface area contributed by atoms with Gasteiger partial charge in [0.25, 0.3) is 17.7 Å². The van der Waals surface area contributed by atoms with Gasteiger partial charge in [-0.3, -0.25) is 14.4 Å². The molecule has 0 fully saturated rings. The van der Waals surface area contributed by atoms with Crippen molar-refractivity contribution in [2.24, 2.45) is 0 Å². The van der Waals surface area contributed by atoms with E-state index in [0.717, 1.165) is 10.5 Å². The number of carbonyl (C=O) groups is 3. The number of carbonyl (C=O) groups excluding carboxylic acids is 3. The minimum atomic E-state index is -0.507. The van der Waals surface area contributed by atoms with Gasteiger partial charge in [-0.05, 0) is 48.9 Å². The predicted molar refractivity (Wildman–Crippen MR) is 118 cm³/mol. The highest BCUT2D eigenvalue weighted by molar-refractivity contribution is 6.44. The van der Waals surface area contributed by atoms with Gasteiger partial charge in [0.05, 0.1) is 37.6 Å². The van der Waals surface area contributed by atoms with Crippen LogP contribution in [0.2, 0.25) is 15.1 Å². The predicted octanol–water partition coefficient (Wildman–Crippen LogP) is 6.01. The van der Waals surface area contributed by atoms with Crippen LogP contribution in [-0.2, 0) is 0 Å². The Morgan fingerprint density at radius 3 is 2.23 bits per heavy atom. The summed E-state index contributed by atoms with van der Waals surface area (Å²) in [6, 6.07) is 14.3. The Kier molecular flexibility index (Phi) is 5.28. The van der Waals surface area contributed by atoms with E-state index in [4.69, 9.17) is 34.8 Å². The van der Waals surface area contributed by atoms with Crippen LogP contribution in [0.1, 0.15) is 36.6 Å². The summed E-state index contributed by atoms with van der Waals surface area (Å²) in [5, 5.41) is 3.36. The lowest BCUT2D eigenvalue weighted by Gasteiger charge is -2.16. The summed E-state index contributed by atoms with van der Waals surface area (Å²) in [4.78, 5) is 39.6. The fraction of sp³-hybridized carbons (Fsp3) is 0.0455. The molecule has 1 aliphatic rings. The second-order valence-corrected chi connectivity index (χ2v) is 7.91. The Hall–Kier alpha value is -2.86. The van der Waals surface area contributed by atoms with E-state index in [0.29, 0.717) is 5.69 Å². The molecular formula is C22H13Cl3N2O3. The number of hydrogen-bond acceptors (Lipinski definition) is 3. The van der Waals surface area contributed by atoms with Gasteiger partial charge in [-0.2, -0.15) is 0 Å². The van der Waals surface area contributed by atoms with Gasteiger partial charge in [0, 0.05) is 5.56 Å². The maximum atomic E-state index is 12.9. The van der Waals surface area contributed by atoms with E-state index in [2.05, 4.69) is 5.32 Å². The molecule has 1 aliphatic heterocycles. The molecule has 4 rings (SSSR count). The van der Waals surface area contributed by atoms with E-state index >= 15 is 0 Å². The highest BCUT2D eigenvalue weighted by atomic mass is 35.5. The maximum Gasteiger partial charge on any atom is 0.266 e. The second-order valence-electron chi connectivity index (χ2n) is 6.69. The smallest absolute Gasteiger partial charge is 0.266 e. The summed E-state index contributed by atoms with van der Waals surface area (Å²) in [7, 11) is 0. The van der Waals surface area contributed by atoms with E-state index in [1.54, 1.807) is 12.1 Å². The third kappa shape index (κ3) is 3.45. The van der Waals surface area contributed by atoms with Crippen molar-refractivity contribution in [3.8, 4) is 0 Å². The quantitative estimate of drug-likeness (QED) is 0.385. The molecule has 8 heteroatoms. The number of halogens is 3. The number of benzene rings is 3. The molecule has 0 spiro atoms. The van der Waals surface area contributed by atoms with E-state index < -0.39 is 17.7 Å².